The van der Waals surface area contributed by atoms with Crippen molar-refractivity contribution in [2.45, 2.75) is 120 Å². The Morgan fingerprint density at radius 2 is 0.792 bits per heavy atom. The van der Waals surface area contributed by atoms with Crippen LogP contribution >= 0.6 is 12.9 Å². The maximum absolute atomic E-state index is 12.0. The van der Waals surface area contributed by atoms with Gasteiger partial charge in [-0.3, -0.25) is 0 Å². The zero-order chi connectivity index (χ0) is 17.9. The standard InChI is InChI=1S/C19H36F3.BrH.Mg/c1-2-3-4-5-6-7-8-9-10-11-12-13-14-15-16-17-18-19(20,21)22;;/h1-18H2;1H;/q;;+1/p-1. The van der Waals surface area contributed by atoms with E-state index in [9.17, 15) is 13.2 Å². The predicted molar refractivity (Wildman–Crippen MR) is 104 cm³/mol. The molecule has 5 heteroatoms. The van der Waals surface area contributed by atoms with E-state index in [2.05, 4.69) is 12.9 Å². The SMILES string of the molecule is FC(F)(F)CCCCCCCCCCCCCCCCC[CH2][Mg][Br]. The second-order valence-corrected chi connectivity index (χ2v) is 10.5. The van der Waals surface area contributed by atoms with Crippen LogP contribution in [0, 0.1) is 0 Å². The zero-order valence-electron chi connectivity index (χ0n) is 15.4. The van der Waals surface area contributed by atoms with Crippen molar-refractivity contribution in [2.75, 3.05) is 0 Å². The normalized spacial score (nSPS) is 11.7. The smallest absolute Gasteiger partial charge is 0.307 e. The molecular formula is C19H36BrF3Mg. The molecule has 142 valence electrons. The summed E-state index contributed by atoms with van der Waals surface area (Å²) in [5.74, 6) is 0. The highest BCUT2D eigenvalue weighted by Gasteiger charge is 2.25. The first-order valence-corrected chi connectivity index (χ1v) is 15.1. The summed E-state index contributed by atoms with van der Waals surface area (Å²) in [6.45, 7) is 0. The second-order valence-electron chi connectivity index (χ2n) is 7.06. The van der Waals surface area contributed by atoms with Gasteiger partial charge in [-0.25, -0.2) is 0 Å². The average Bonchev–Trinajstić information content (AvgIpc) is 2.52. The van der Waals surface area contributed by atoms with Crippen molar-refractivity contribution >= 4 is 31.1 Å². The van der Waals surface area contributed by atoms with Crippen molar-refractivity contribution in [3.05, 3.63) is 0 Å². The Morgan fingerprint density at radius 1 is 0.500 bits per heavy atom. The molecule has 0 nitrogen and oxygen atoms in total. The third-order valence-corrected chi connectivity index (χ3v) is 7.04. The summed E-state index contributed by atoms with van der Waals surface area (Å²) in [7, 11) is 0. The Kier molecular flexibility index (Phi) is 19.6. The van der Waals surface area contributed by atoms with Crippen molar-refractivity contribution in [2.24, 2.45) is 0 Å². The van der Waals surface area contributed by atoms with E-state index in [1.807, 2.05) is 0 Å². The number of halogens is 4. The molecule has 0 bridgehead atoms. The zero-order valence-corrected chi connectivity index (χ0v) is 18.4. The van der Waals surface area contributed by atoms with Gasteiger partial charge in [0.2, 0.25) is 0 Å². The van der Waals surface area contributed by atoms with E-state index in [4.69, 9.17) is 0 Å². The topological polar surface area (TPSA) is 0 Å². The Labute approximate surface area is 163 Å². The molecule has 0 spiro atoms. The summed E-state index contributed by atoms with van der Waals surface area (Å²) in [6, 6.07) is 0. The van der Waals surface area contributed by atoms with Crippen LogP contribution in [-0.2, 0) is 0 Å². The van der Waals surface area contributed by atoms with Crippen molar-refractivity contribution in [1.82, 2.24) is 0 Å². The lowest BCUT2D eigenvalue weighted by Crippen LogP contribution is -2.06. The van der Waals surface area contributed by atoms with Crippen LogP contribution in [0.15, 0.2) is 0 Å². The molecule has 0 heterocycles. The molecule has 0 saturated carbocycles. The minimum atomic E-state index is -3.96. The first-order chi connectivity index (χ1) is 11.6. The fourth-order valence-corrected chi connectivity index (χ4v) is 4.80. The van der Waals surface area contributed by atoms with Crippen LogP contribution in [0.25, 0.3) is 0 Å². The quantitative estimate of drug-likeness (QED) is 0.152. The minimum Gasteiger partial charge on any atom is -0.307 e. The fourth-order valence-electron chi connectivity index (χ4n) is 3.07. The van der Waals surface area contributed by atoms with E-state index in [0.29, 0.717) is 6.42 Å². The molecule has 0 aliphatic rings. The highest BCUT2D eigenvalue weighted by Crippen LogP contribution is 2.23. The maximum atomic E-state index is 12.0. The molecule has 24 heavy (non-hydrogen) atoms. The highest BCUT2D eigenvalue weighted by molar-refractivity contribution is 9.23. The van der Waals surface area contributed by atoms with Gasteiger partial charge in [0.1, 0.15) is 0 Å². The molecule has 0 radical (unpaired) electrons. The third kappa shape index (κ3) is 23.0. The largest absolute Gasteiger partial charge is 0.468 e. The van der Waals surface area contributed by atoms with Crippen LogP contribution in [0.5, 0.6) is 0 Å². The molecule has 0 unspecified atom stereocenters. The van der Waals surface area contributed by atoms with Gasteiger partial charge in [-0.05, 0) is 6.42 Å². The summed E-state index contributed by atoms with van der Waals surface area (Å²) in [6.07, 6.45) is 14.9. The summed E-state index contributed by atoms with van der Waals surface area (Å²) < 4.78 is 37.3. The van der Waals surface area contributed by atoms with Crippen LogP contribution in [0.1, 0.15) is 109 Å². The highest BCUT2D eigenvalue weighted by atomic mass is 79.9. The molecule has 0 amide bonds. The number of alkyl halides is 3. The molecular weight excluding hydrogens is 389 g/mol. The molecule has 0 rings (SSSR count). The molecule has 0 atom stereocenters. The lowest BCUT2D eigenvalue weighted by Gasteiger charge is -2.05. The molecule has 0 aliphatic heterocycles. The van der Waals surface area contributed by atoms with E-state index >= 15 is 0 Å². The van der Waals surface area contributed by atoms with Gasteiger partial charge >= 0.3 is 24.4 Å². The second kappa shape index (κ2) is 18.8. The van der Waals surface area contributed by atoms with E-state index in [1.54, 1.807) is 0 Å². The Bertz CT molecular complexity index is 247. The van der Waals surface area contributed by atoms with Crippen LogP contribution in [-0.4, -0.2) is 24.4 Å². The van der Waals surface area contributed by atoms with Gasteiger partial charge in [0, 0.05) is 6.42 Å². The molecule has 0 aromatic rings. The van der Waals surface area contributed by atoms with E-state index in [1.165, 1.54) is 81.6 Å². The monoisotopic (exact) mass is 424 g/mol. The molecule has 0 aromatic carbocycles. The van der Waals surface area contributed by atoms with Crippen molar-refractivity contribution in [3.8, 4) is 0 Å². The van der Waals surface area contributed by atoms with Gasteiger partial charge in [-0.15, -0.1) is 4.55 Å². The molecule has 0 fully saturated rings. The van der Waals surface area contributed by atoms with Gasteiger partial charge < -0.3 is 12.9 Å². The van der Waals surface area contributed by atoms with Gasteiger partial charge in [-0.2, -0.15) is 13.2 Å². The molecule has 0 saturated heterocycles. The summed E-state index contributed by atoms with van der Waals surface area (Å²) in [5.41, 5.74) is 0. The summed E-state index contributed by atoms with van der Waals surface area (Å²) in [4.78, 5) is 0. The van der Waals surface area contributed by atoms with Crippen molar-refractivity contribution in [3.63, 3.8) is 0 Å². The Morgan fingerprint density at radius 3 is 1.08 bits per heavy atom. The Hall–Kier alpha value is 1.04. The lowest BCUT2D eigenvalue weighted by molar-refractivity contribution is -0.135. The van der Waals surface area contributed by atoms with Crippen LogP contribution in [0.4, 0.5) is 13.2 Å². The van der Waals surface area contributed by atoms with E-state index in [-0.39, 0.29) is 18.2 Å². The van der Waals surface area contributed by atoms with E-state index < -0.39 is 12.6 Å². The summed E-state index contributed by atoms with van der Waals surface area (Å²) >= 11 is 3.72. The van der Waals surface area contributed by atoms with Crippen LogP contribution < -0.4 is 0 Å². The first kappa shape index (κ1) is 25.0. The maximum Gasteiger partial charge on any atom is 0.468 e. The number of hydrogen-bond donors (Lipinski definition) is 0. The van der Waals surface area contributed by atoms with Crippen LogP contribution in [0.2, 0.25) is 4.55 Å². The van der Waals surface area contributed by atoms with Crippen molar-refractivity contribution in [1.29, 1.82) is 0 Å². The third-order valence-electron chi connectivity index (χ3n) is 4.59. The van der Waals surface area contributed by atoms with Gasteiger partial charge in [0.15, 0.2) is 0 Å². The number of hydrogen-bond acceptors (Lipinski definition) is 0. The average molecular weight is 426 g/mol. The fraction of sp³-hybridized carbons (Fsp3) is 1.00. The van der Waals surface area contributed by atoms with Gasteiger partial charge in [-0.1, -0.05) is 96.3 Å². The lowest BCUT2D eigenvalue weighted by atomic mass is 10.0. The molecule has 0 aliphatic carbocycles. The number of unbranched alkanes of at least 4 members (excludes halogenated alkanes) is 15. The minimum absolute atomic E-state index is 0.114. The van der Waals surface area contributed by atoms with Crippen molar-refractivity contribution < 1.29 is 13.2 Å². The summed E-state index contributed by atoms with van der Waals surface area (Å²) in [5, 5.41) is 0. The van der Waals surface area contributed by atoms with Gasteiger partial charge in [0.05, 0.1) is 0 Å². The van der Waals surface area contributed by atoms with E-state index in [0.717, 1.165) is 19.3 Å². The Balaban J connectivity index is 3.00. The molecule has 0 aromatic heterocycles. The first-order valence-electron chi connectivity index (χ1n) is 10.2. The predicted octanol–water partition coefficient (Wildman–Crippen LogP) is 8.61. The molecule has 0 N–H and O–H groups in total. The van der Waals surface area contributed by atoms with Crippen LogP contribution in [0.3, 0.4) is 0 Å². The number of rotatable bonds is 18. The van der Waals surface area contributed by atoms with Gasteiger partial charge in [0.25, 0.3) is 0 Å².